The molecule has 5 rings (SSSR count). The number of anilines is 2. The second-order valence-corrected chi connectivity index (χ2v) is 8.07. The van der Waals surface area contributed by atoms with E-state index in [0.717, 1.165) is 41.8 Å². The molecule has 4 heterocycles. The van der Waals surface area contributed by atoms with E-state index in [9.17, 15) is 4.79 Å². The van der Waals surface area contributed by atoms with Gasteiger partial charge < -0.3 is 14.8 Å². The van der Waals surface area contributed by atoms with Crippen LogP contribution in [0, 0.1) is 0 Å². The molecule has 1 aromatic carbocycles. The number of fused-ring (bicyclic) bond motifs is 2. The highest BCUT2D eigenvalue weighted by Crippen LogP contribution is 2.38. The van der Waals surface area contributed by atoms with E-state index >= 15 is 0 Å². The molecule has 0 saturated carbocycles. The van der Waals surface area contributed by atoms with E-state index in [1.807, 2.05) is 20.0 Å². The van der Waals surface area contributed by atoms with Gasteiger partial charge in [-0.15, -0.1) is 0 Å². The Morgan fingerprint density at radius 3 is 2.77 bits per heavy atom. The molecule has 6 nitrogen and oxygen atoms in total. The summed E-state index contributed by atoms with van der Waals surface area (Å²) in [6, 6.07) is 12.8. The minimum atomic E-state index is -0.154. The van der Waals surface area contributed by atoms with Gasteiger partial charge in [-0.25, -0.2) is 14.8 Å². The number of rotatable bonds is 2. The van der Waals surface area contributed by atoms with Crippen molar-refractivity contribution in [1.82, 2.24) is 14.9 Å². The van der Waals surface area contributed by atoms with Crippen LogP contribution in [0.25, 0.3) is 16.6 Å². The molecule has 0 saturated heterocycles. The Morgan fingerprint density at radius 2 is 1.97 bits per heavy atom. The van der Waals surface area contributed by atoms with Crippen LogP contribution in [0.2, 0.25) is 0 Å². The summed E-state index contributed by atoms with van der Waals surface area (Å²) in [5, 5.41) is 1.13. The van der Waals surface area contributed by atoms with Gasteiger partial charge in [-0.2, -0.15) is 0 Å². The van der Waals surface area contributed by atoms with Gasteiger partial charge in [-0.3, -0.25) is 0 Å². The summed E-state index contributed by atoms with van der Waals surface area (Å²) >= 11 is 0. The summed E-state index contributed by atoms with van der Waals surface area (Å²) < 4.78 is 0. The van der Waals surface area contributed by atoms with Gasteiger partial charge in [0.2, 0.25) is 0 Å². The van der Waals surface area contributed by atoms with Crippen LogP contribution in [0.15, 0.2) is 53.7 Å². The highest BCUT2D eigenvalue weighted by molar-refractivity contribution is 5.96. The minimum Gasteiger partial charge on any atom is -0.340 e. The Labute approximate surface area is 175 Å². The van der Waals surface area contributed by atoms with Crippen molar-refractivity contribution in [1.29, 1.82) is 0 Å². The molecule has 0 spiro atoms. The predicted molar refractivity (Wildman–Crippen MR) is 122 cm³/mol. The van der Waals surface area contributed by atoms with Gasteiger partial charge >= 0.3 is 6.03 Å². The second kappa shape index (κ2) is 7.44. The van der Waals surface area contributed by atoms with E-state index in [1.165, 1.54) is 22.5 Å². The van der Waals surface area contributed by atoms with Crippen molar-refractivity contribution in [2.75, 3.05) is 24.5 Å². The third-order valence-corrected chi connectivity index (χ3v) is 5.83. The van der Waals surface area contributed by atoms with Gasteiger partial charge in [0.05, 0.1) is 5.69 Å². The molecule has 2 aromatic heterocycles. The fraction of sp³-hybridized carbons (Fsp3) is 0.292. The third kappa shape index (κ3) is 3.28. The molecule has 0 aliphatic carbocycles. The van der Waals surface area contributed by atoms with Crippen LogP contribution in [0.5, 0.6) is 0 Å². The highest BCUT2D eigenvalue weighted by Gasteiger charge is 2.23. The molecule has 2 aliphatic rings. The van der Waals surface area contributed by atoms with Crippen molar-refractivity contribution in [2.24, 2.45) is 4.99 Å². The summed E-state index contributed by atoms with van der Waals surface area (Å²) in [5.41, 5.74) is 7.86. The number of carbonyl (C=O) groups excluding carboxylic acids is 1. The molecular formula is C24H25N5O. The number of amides is 2. The monoisotopic (exact) mass is 399 g/mol. The molecule has 2 amide bonds. The molecule has 0 radical (unpaired) electrons. The topological polar surface area (TPSA) is 64.6 Å². The minimum absolute atomic E-state index is 0.154. The van der Waals surface area contributed by atoms with E-state index in [1.54, 1.807) is 4.90 Å². The maximum atomic E-state index is 12.2. The predicted octanol–water partition coefficient (Wildman–Crippen LogP) is 4.95. The zero-order valence-electron chi connectivity index (χ0n) is 17.4. The van der Waals surface area contributed by atoms with Crippen LogP contribution < -0.4 is 4.90 Å². The lowest BCUT2D eigenvalue weighted by atomic mass is 10.0. The summed E-state index contributed by atoms with van der Waals surface area (Å²) in [7, 11) is 0. The molecule has 0 atom stereocenters. The molecule has 0 unspecified atom stereocenters. The lowest BCUT2D eigenvalue weighted by Crippen LogP contribution is -2.32. The number of urea groups is 1. The molecule has 30 heavy (non-hydrogen) atoms. The Kier molecular flexibility index (Phi) is 4.62. The van der Waals surface area contributed by atoms with E-state index in [0.29, 0.717) is 13.1 Å². The van der Waals surface area contributed by atoms with Crippen LogP contribution in [-0.4, -0.2) is 46.2 Å². The summed E-state index contributed by atoms with van der Waals surface area (Å²) in [6.07, 6.45) is 5.86. The van der Waals surface area contributed by atoms with Gasteiger partial charge in [-0.05, 0) is 56.0 Å². The van der Waals surface area contributed by atoms with Gasteiger partial charge in [0, 0.05) is 48.3 Å². The standard InChI is InChI=1S/C24H25N5O/c1-16(2)26-24(30)28-12-8-17(9-13-28)20-15-19-22(7-11-25-23(19)27-20)29-14-10-18-5-3-4-6-21(18)29/h3-8,11,15H,9-10,12-14H2,1-2H3,(H,25,27). The van der Waals surface area contributed by atoms with Crippen LogP contribution in [-0.2, 0) is 6.42 Å². The number of aromatic nitrogens is 2. The zero-order chi connectivity index (χ0) is 20.7. The molecule has 0 fully saturated rings. The maximum absolute atomic E-state index is 12.2. The average molecular weight is 399 g/mol. The van der Waals surface area contributed by atoms with Gasteiger partial charge in [0.15, 0.2) is 0 Å². The largest absolute Gasteiger partial charge is 0.343 e. The molecule has 6 heteroatoms. The van der Waals surface area contributed by atoms with Crippen LogP contribution in [0.3, 0.4) is 0 Å². The fourth-order valence-corrected chi connectivity index (χ4v) is 4.36. The number of H-pyrrole nitrogens is 1. The number of para-hydroxylation sites is 1. The number of pyridine rings is 1. The van der Waals surface area contributed by atoms with E-state index in [4.69, 9.17) is 0 Å². The number of nitrogens with one attached hydrogen (secondary N) is 1. The quantitative estimate of drug-likeness (QED) is 0.620. The zero-order valence-corrected chi connectivity index (χ0v) is 17.4. The van der Waals surface area contributed by atoms with Gasteiger partial charge in [0.25, 0.3) is 0 Å². The van der Waals surface area contributed by atoms with Crippen molar-refractivity contribution in [3.8, 4) is 0 Å². The number of hydrogen-bond acceptors (Lipinski definition) is 3. The number of hydrogen-bond donors (Lipinski definition) is 1. The molecular weight excluding hydrogens is 374 g/mol. The summed E-state index contributed by atoms with van der Waals surface area (Å²) in [4.78, 5) is 28.5. The number of aliphatic imine (C=N–C) groups is 1. The van der Waals surface area contributed by atoms with Gasteiger partial charge in [0.1, 0.15) is 5.65 Å². The lowest BCUT2D eigenvalue weighted by Gasteiger charge is -2.24. The van der Waals surface area contributed by atoms with Crippen LogP contribution in [0.1, 0.15) is 31.5 Å². The number of benzene rings is 1. The Bertz CT molecular complexity index is 1190. The average Bonchev–Trinajstić information content (AvgIpc) is 3.37. The van der Waals surface area contributed by atoms with Crippen LogP contribution in [0.4, 0.5) is 16.2 Å². The Morgan fingerprint density at radius 1 is 1.10 bits per heavy atom. The number of aromatic amines is 1. The molecule has 1 N–H and O–H groups in total. The van der Waals surface area contributed by atoms with E-state index in [-0.39, 0.29) is 6.03 Å². The second-order valence-electron chi connectivity index (χ2n) is 8.07. The van der Waals surface area contributed by atoms with Crippen molar-refractivity contribution in [3.63, 3.8) is 0 Å². The lowest BCUT2D eigenvalue weighted by molar-refractivity contribution is 0.213. The number of carbonyl (C=O) groups is 1. The SMILES string of the molecule is CC(C)=NC(=O)N1CC=C(c2cc3c(N4CCc5ccccc54)ccnc3[nH]2)CC1. The normalized spacial score (nSPS) is 15.9. The maximum Gasteiger partial charge on any atom is 0.343 e. The summed E-state index contributed by atoms with van der Waals surface area (Å²) in [5.74, 6) is 0. The Balaban J connectivity index is 1.45. The fourth-order valence-electron chi connectivity index (χ4n) is 4.36. The van der Waals surface area contributed by atoms with Crippen molar-refractivity contribution in [3.05, 3.63) is 59.9 Å². The van der Waals surface area contributed by atoms with Crippen molar-refractivity contribution >= 4 is 39.7 Å². The molecule has 2 aliphatic heterocycles. The summed E-state index contributed by atoms with van der Waals surface area (Å²) in [6.45, 7) is 5.93. The molecule has 3 aromatic rings. The number of nitrogens with zero attached hydrogens (tertiary/aromatic N) is 4. The van der Waals surface area contributed by atoms with Crippen molar-refractivity contribution in [2.45, 2.75) is 26.7 Å². The Hall–Kier alpha value is -3.41. The molecule has 152 valence electrons. The third-order valence-electron chi connectivity index (χ3n) is 5.83. The highest BCUT2D eigenvalue weighted by atomic mass is 16.2. The first-order chi connectivity index (χ1) is 14.6. The first-order valence-electron chi connectivity index (χ1n) is 10.4. The van der Waals surface area contributed by atoms with Crippen molar-refractivity contribution < 1.29 is 4.79 Å². The van der Waals surface area contributed by atoms with E-state index < -0.39 is 0 Å². The molecule has 0 bridgehead atoms. The smallest absolute Gasteiger partial charge is 0.340 e. The first-order valence-corrected chi connectivity index (χ1v) is 10.4. The van der Waals surface area contributed by atoms with E-state index in [2.05, 4.69) is 62.3 Å². The first kappa shape index (κ1) is 18.6. The van der Waals surface area contributed by atoms with Crippen LogP contribution >= 0.6 is 0 Å². The van der Waals surface area contributed by atoms with Gasteiger partial charge in [-0.1, -0.05) is 24.3 Å².